The Morgan fingerprint density at radius 3 is 2.38 bits per heavy atom. The van der Waals surface area contributed by atoms with Crippen LogP contribution >= 0.6 is 0 Å². The number of halogens is 3. The Morgan fingerprint density at radius 2 is 1.75 bits per heavy atom. The van der Waals surface area contributed by atoms with Gasteiger partial charge >= 0.3 is 5.69 Å². The fraction of sp³-hybridized carbons (Fsp3) is 0.200. The van der Waals surface area contributed by atoms with Gasteiger partial charge in [-0.1, -0.05) is 6.07 Å². The summed E-state index contributed by atoms with van der Waals surface area (Å²) in [5, 5.41) is 0. The molecule has 24 heavy (non-hydrogen) atoms. The first-order chi connectivity index (χ1) is 11.4. The van der Waals surface area contributed by atoms with E-state index in [0.29, 0.717) is 5.69 Å². The molecule has 2 aromatic heterocycles. The fourth-order valence-corrected chi connectivity index (χ4v) is 2.08. The van der Waals surface area contributed by atoms with Crippen LogP contribution in [0.15, 0.2) is 40.2 Å². The lowest BCUT2D eigenvalue weighted by atomic mass is 10.1. The predicted molar refractivity (Wildman–Crippen MR) is 81.4 cm³/mol. The zero-order chi connectivity index (χ0) is 17.9. The molecule has 0 atom stereocenters. The Kier molecular flexibility index (Phi) is 5.12. The summed E-state index contributed by atoms with van der Waals surface area (Å²) >= 11 is 0. The minimum atomic E-state index is -1.75. The third-order valence-corrected chi connectivity index (χ3v) is 3.34. The predicted octanol–water partition coefficient (Wildman–Crippen LogP) is 1.88. The minimum Gasteiger partial charge on any atom is -0.269 e. The molecule has 0 amide bonds. The van der Waals surface area contributed by atoms with E-state index in [2.05, 4.69) is 9.97 Å². The number of benzene rings is 1. The van der Waals surface area contributed by atoms with Crippen molar-refractivity contribution in [2.45, 2.75) is 13.8 Å². The molecule has 2 heterocycles. The van der Waals surface area contributed by atoms with Crippen molar-refractivity contribution in [1.29, 1.82) is 0 Å². The third-order valence-electron chi connectivity index (χ3n) is 3.34. The van der Waals surface area contributed by atoms with E-state index < -0.39 is 24.1 Å². The van der Waals surface area contributed by atoms with Crippen LogP contribution in [0.2, 0.25) is 0 Å². The molecule has 6 nitrogen and oxygen atoms in total. The Bertz CT molecular complexity index is 998. The van der Waals surface area contributed by atoms with Gasteiger partial charge in [-0.15, -0.1) is 0 Å². The molecule has 1 aromatic carbocycles. The van der Waals surface area contributed by atoms with Gasteiger partial charge in [-0.2, -0.15) is 14.4 Å². The number of alkyl halides is 2. The molecule has 0 spiro atoms. The lowest BCUT2D eigenvalue weighted by Gasteiger charge is -2.11. The molecule has 3 rings (SSSR count). The van der Waals surface area contributed by atoms with Gasteiger partial charge in [0.25, 0.3) is 5.56 Å². The maximum atomic E-state index is 13.8. The van der Waals surface area contributed by atoms with Crippen LogP contribution in [0.3, 0.4) is 0 Å². The lowest BCUT2D eigenvalue weighted by Crippen LogP contribution is -2.26. The highest BCUT2D eigenvalue weighted by atomic mass is 19.3. The molecule has 0 aliphatic rings. The molecule has 0 aliphatic heterocycles. The molecule has 9 heteroatoms. The van der Waals surface area contributed by atoms with E-state index in [-0.39, 0.29) is 5.78 Å². The van der Waals surface area contributed by atoms with Crippen LogP contribution in [0, 0.1) is 19.8 Å². The Hall–Kier alpha value is -2.97. The molecule has 0 radical (unpaired) electrons. The number of rotatable bonds is 1. The second-order valence-electron chi connectivity index (χ2n) is 4.82. The maximum absolute atomic E-state index is 13.8. The van der Waals surface area contributed by atoms with E-state index in [1.54, 1.807) is 12.1 Å². The SMILES string of the molecule is Cc1ccc(-n2c(=O)cc(F)n3cnc(=O)nc23)cc1C.FCF. The van der Waals surface area contributed by atoms with Crippen molar-refractivity contribution in [3.63, 3.8) is 0 Å². The van der Waals surface area contributed by atoms with E-state index in [9.17, 15) is 22.8 Å². The summed E-state index contributed by atoms with van der Waals surface area (Å²) < 4.78 is 35.2. The Balaban J connectivity index is 0.000000647. The van der Waals surface area contributed by atoms with Crippen molar-refractivity contribution in [2.75, 3.05) is 6.93 Å². The summed E-state index contributed by atoms with van der Waals surface area (Å²) in [6.45, 7) is 2.09. The first-order valence-electron chi connectivity index (χ1n) is 6.75. The van der Waals surface area contributed by atoms with Crippen molar-refractivity contribution in [1.82, 2.24) is 18.9 Å². The summed E-state index contributed by atoms with van der Waals surface area (Å²) in [6, 6.07) is 6.17. The zero-order valence-electron chi connectivity index (χ0n) is 12.8. The lowest BCUT2D eigenvalue weighted by molar-refractivity contribution is 0.295. The second kappa shape index (κ2) is 7.07. The summed E-state index contributed by atoms with van der Waals surface area (Å²) in [5.41, 5.74) is 1.16. The van der Waals surface area contributed by atoms with Gasteiger partial charge in [-0.25, -0.2) is 22.5 Å². The number of aryl methyl sites for hydroxylation is 2. The van der Waals surface area contributed by atoms with Crippen molar-refractivity contribution >= 4 is 5.78 Å². The van der Waals surface area contributed by atoms with E-state index in [0.717, 1.165) is 27.9 Å². The molecule has 0 N–H and O–H groups in total. The number of hydrogen-bond donors (Lipinski definition) is 0. The second-order valence-corrected chi connectivity index (χ2v) is 4.82. The van der Waals surface area contributed by atoms with Gasteiger partial charge in [-0.3, -0.25) is 4.79 Å². The molecule has 0 aliphatic carbocycles. The van der Waals surface area contributed by atoms with Crippen LogP contribution in [0.1, 0.15) is 11.1 Å². The van der Waals surface area contributed by atoms with Gasteiger partial charge < -0.3 is 0 Å². The van der Waals surface area contributed by atoms with E-state index in [4.69, 9.17) is 0 Å². The number of fused-ring (bicyclic) bond motifs is 1. The topological polar surface area (TPSA) is 69.3 Å². The van der Waals surface area contributed by atoms with Crippen LogP contribution in [-0.2, 0) is 0 Å². The zero-order valence-corrected chi connectivity index (χ0v) is 12.8. The van der Waals surface area contributed by atoms with Gasteiger partial charge in [-0.05, 0) is 37.1 Å². The van der Waals surface area contributed by atoms with Crippen LogP contribution in [-0.4, -0.2) is 25.9 Å². The molecule has 0 unspecified atom stereocenters. The number of aromatic nitrogens is 4. The van der Waals surface area contributed by atoms with Crippen LogP contribution in [0.25, 0.3) is 11.5 Å². The van der Waals surface area contributed by atoms with Crippen LogP contribution in [0.4, 0.5) is 13.2 Å². The highest BCUT2D eigenvalue weighted by Crippen LogP contribution is 2.14. The summed E-state index contributed by atoms with van der Waals surface area (Å²) in [6.07, 6.45) is 1.01. The Morgan fingerprint density at radius 1 is 1.08 bits per heavy atom. The monoisotopic (exact) mass is 338 g/mol. The van der Waals surface area contributed by atoms with Crippen LogP contribution < -0.4 is 11.2 Å². The quantitative estimate of drug-likeness (QED) is 0.635. The van der Waals surface area contributed by atoms with Gasteiger partial charge in [0.1, 0.15) is 6.33 Å². The molecule has 0 saturated heterocycles. The molecular formula is C15H13F3N4O2. The molecule has 0 fully saturated rings. The molecule has 126 valence electrons. The van der Waals surface area contributed by atoms with E-state index in [1.165, 1.54) is 4.57 Å². The van der Waals surface area contributed by atoms with Gasteiger partial charge in [0.05, 0.1) is 11.8 Å². The first kappa shape index (κ1) is 17.4. The average molecular weight is 338 g/mol. The normalized spacial score (nSPS) is 10.4. The van der Waals surface area contributed by atoms with Gasteiger partial charge in [0.2, 0.25) is 18.7 Å². The summed E-state index contributed by atoms with van der Waals surface area (Å²) in [5.74, 6) is -0.932. The number of hydrogen-bond acceptors (Lipinski definition) is 4. The minimum absolute atomic E-state index is 0.108. The van der Waals surface area contributed by atoms with E-state index in [1.807, 2.05) is 19.9 Å². The Labute approximate surface area is 133 Å². The van der Waals surface area contributed by atoms with Crippen molar-refractivity contribution in [2.24, 2.45) is 0 Å². The standard InChI is InChI=1S/C14H11FN4O2.CH2F2/c1-8-3-4-10(5-9(8)2)19-12(20)6-11(15)18-7-16-13(21)17-14(18)19;2-1-3/h3-7H,1-2H3;1H2. The third kappa shape index (κ3) is 3.34. The maximum Gasteiger partial charge on any atom is 0.371 e. The van der Waals surface area contributed by atoms with Crippen LogP contribution in [0.5, 0.6) is 0 Å². The first-order valence-corrected chi connectivity index (χ1v) is 6.75. The van der Waals surface area contributed by atoms with Gasteiger partial charge in [0, 0.05) is 0 Å². The average Bonchev–Trinajstić information content (AvgIpc) is 2.51. The molecule has 0 saturated carbocycles. The van der Waals surface area contributed by atoms with Crippen molar-refractivity contribution in [3.05, 3.63) is 68.5 Å². The largest absolute Gasteiger partial charge is 0.371 e. The highest BCUT2D eigenvalue weighted by Gasteiger charge is 2.12. The molecule has 3 aromatic rings. The molecular weight excluding hydrogens is 325 g/mol. The molecule has 0 bridgehead atoms. The summed E-state index contributed by atoms with van der Waals surface area (Å²) in [7, 11) is 0. The van der Waals surface area contributed by atoms with Crippen molar-refractivity contribution < 1.29 is 13.2 Å². The van der Waals surface area contributed by atoms with Crippen molar-refractivity contribution in [3.8, 4) is 5.69 Å². The highest BCUT2D eigenvalue weighted by molar-refractivity contribution is 5.46. The van der Waals surface area contributed by atoms with Gasteiger partial charge in [0.15, 0.2) is 0 Å². The summed E-state index contributed by atoms with van der Waals surface area (Å²) in [4.78, 5) is 30.5. The smallest absolute Gasteiger partial charge is 0.269 e. The van der Waals surface area contributed by atoms with E-state index >= 15 is 0 Å². The fourth-order valence-electron chi connectivity index (χ4n) is 2.08. The number of nitrogens with zero attached hydrogens (tertiary/aromatic N) is 4.